The second kappa shape index (κ2) is 8.97. The van der Waals surface area contributed by atoms with E-state index in [1.54, 1.807) is 12.1 Å². The molecule has 26 heavy (non-hydrogen) atoms. The molecule has 4 nitrogen and oxygen atoms in total. The monoisotopic (exact) mass is 364 g/mol. The van der Waals surface area contributed by atoms with Crippen LogP contribution in [0.1, 0.15) is 32.0 Å². The second-order valence-corrected chi connectivity index (χ2v) is 6.77. The molecule has 0 radical (unpaired) electrons. The van der Waals surface area contributed by atoms with Gasteiger partial charge < -0.3 is 10.6 Å². The number of nitrogens with one attached hydrogen (secondary N) is 2. The van der Waals surface area contributed by atoms with E-state index in [0.29, 0.717) is 25.1 Å². The maximum atomic E-state index is 12.2. The number of rotatable bonds is 8. The van der Waals surface area contributed by atoms with E-state index in [0.717, 1.165) is 16.1 Å². The Labute approximate surface area is 156 Å². The van der Waals surface area contributed by atoms with Crippen LogP contribution in [0, 0.1) is 0 Å². The fourth-order valence-electron chi connectivity index (χ4n) is 2.50. The summed E-state index contributed by atoms with van der Waals surface area (Å²) in [4.78, 5) is 24.9. The Balaban J connectivity index is 1.45. The summed E-state index contributed by atoms with van der Waals surface area (Å²) < 4.78 is 0. The summed E-state index contributed by atoms with van der Waals surface area (Å²) in [7, 11) is 0. The van der Waals surface area contributed by atoms with Crippen LogP contribution in [-0.4, -0.2) is 18.2 Å². The Kier molecular flexibility index (Phi) is 6.17. The molecule has 3 aromatic rings. The van der Waals surface area contributed by atoms with Crippen molar-refractivity contribution in [1.82, 2.24) is 5.32 Å². The van der Waals surface area contributed by atoms with E-state index in [1.807, 2.05) is 60.0 Å². The number of Topliss-reactive ketones (excluding diaryl/α,β-unsaturated/α-hetero) is 1. The van der Waals surface area contributed by atoms with Crippen molar-refractivity contribution in [3.05, 3.63) is 88.1 Å². The third-order valence-corrected chi connectivity index (χ3v) is 4.83. The quantitative estimate of drug-likeness (QED) is 0.584. The van der Waals surface area contributed by atoms with Gasteiger partial charge >= 0.3 is 0 Å². The highest BCUT2D eigenvalue weighted by atomic mass is 32.1. The van der Waals surface area contributed by atoms with Crippen molar-refractivity contribution in [1.29, 1.82) is 0 Å². The first-order chi connectivity index (χ1) is 12.7. The number of carbonyl (C=O) groups is 2. The van der Waals surface area contributed by atoms with Crippen LogP contribution in [0.4, 0.5) is 5.69 Å². The van der Waals surface area contributed by atoms with Crippen LogP contribution >= 0.6 is 11.3 Å². The number of ketones is 1. The average molecular weight is 364 g/mol. The molecule has 0 fully saturated rings. The molecule has 1 heterocycles. The Hall–Kier alpha value is -2.92. The molecule has 0 aliphatic rings. The van der Waals surface area contributed by atoms with Crippen molar-refractivity contribution in [3.8, 4) is 0 Å². The van der Waals surface area contributed by atoms with Crippen LogP contribution in [0.25, 0.3) is 0 Å². The smallest absolute Gasteiger partial charge is 0.251 e. The van der Waals surface area contributed by atoms with Crippen molar-refractivity contribution in [2.45, 2.75) is 13.0 Å². The predicted octanol–water partition coefficient (Wildman–Crippen LogP) is 4.36. The van der Waals surface area contributed by atoms with Gasteiger partial charge in [-0.3, -0.25) is 9.59 Å². The van der Waals surface area contributed by atoms with Crippen molar-refractivity contribution >= 4 is 28.7 Å². The van der Waals surface area contributed by atoms with Gasteiger partial charge in [0.1, 0.15) is 0 Å². The zero-order valence-corrected chi connectivity index (χ0v) is 15.1. The lowest BCUT2D eigenvalue weighted by Crippen LogP contribution is -2.22. The van der Waals surface area contributed by atoms with Crippen LogP contribution < -0.4 is 10.6 Å². The summed E-state index contributed by atoms with van der Waals surface area (Å²) >= 11 is 1.46. The molecule has 2 N–H and O–H groups in total. The van der Waals surface area contributed by atoms with Crippen molar-refractivity contribution in [2.24, 2.45) is 0 Å². The lowest BCUT2D eigenvalue weighted by atomic mass is 10.1. The highest BCUT2D eigenvalue weighted by molar-refractivity contribution is 7.12. The minimum atomic E-state index is -0.103. The van der Waals surface area contributed by atoms with Gasteiger partial charge in [0, 0.05) is 30.8 Å². The van der Waals surface area contributed by atoms with Crippen molar-refractivity contribution in [3.63, 3.8) is 0 Å². The summed E-state index contributed by atoms with van der Waals surface area (Å²) in [6.45, 7) is 1.07. The van der Waals surface area contributed by atoms with Crippen molar-refractivity contribution in [2.75, 3.05) is 11.9 Å². The lowest BCUT2D eigenvalue weighted by molar-refractivity contribution is 0.0949. The second-order valence-electron chi connectivity index (χ2n) is 5.82. The van der Waals surface area contributed by atoms with Crippen molar-refractivity contribution < 1.29 is 9.59 Å². The Bertz CT molecular complexity index is 843. The normalized spacial score (nSPS) is 10.3. The van der Waals surface area contributed by atoms with Gasteiger partial charge in [-0.25, -0.2) is 0 Å². The molecule has 0 aliphatic heterocycles. The van der Waals surface area contributed by atoms with Crippen LogP contribution in [0.5, 0.6) is 0 Å². The first-order valence-corrected chi connectivity index (χ1v) is 9.33. The van der Waals surface area contributed by atoms with Gasteiger partial charge in [-0.05, 0) is 41.3 Å². The van der Waals surface area contributed by atoms with E-state index in [9.17, 15) is 9.59 Å². The van der Waals surface area contributed by atoms with E-state index < -0.39 is 0 Å². The molecule has 1 amide bonds. The number of hydrogen-bond acceptors (Lipinski definition) is 4. The third-order valence-electron chi connectivity index (χ3n) is 3.92. The molecule has 0 spiro atoms. The van der Waals surface area contributed by atoms with E-state index in [2.05, 4.69) is 10.6 Å². The largest absolute Gasteiger partial charge is 0.385 e. The average Bonchev–Trinajstić information content (AvgIpc) is 3.22. The molecule has 1 aromatic heterocycles. The Morgan fingerprint density at radius 1 is 0.885 bits per heavy atom. The van der Waals surface area contributed by atoms with Gasteiger partial charge in [-0.2, -0.15) is 0 Å². The van der Waals surface area contributed by atoms with Crippen LogP contribution in [0.2, 0.25) is 0 Å². The van der Waals surface area contributed by atoms with Gasteiger partial charge in [0.25, 0.3) is 5.91 Å². The molecule has 0 bridgehead atoms. The molecule has 0 saturated carbocycles. The lowest BCUT2D eigenvalue weighted by Gasteiger charge is -2.08. The molecule has 0 unspecified atom stereocenters. The van der Waals surface area contributed by atoms with Gasteiger partial charge in [-0.15, -0.1) is 11.3 Å². The van der Waals surface area contributed by atoms with Crippen LogP contribution in [-0.2, 0) is 6.54 Å². The minimum Gasteiger partial charge on any atom is -0.385 e. The summed E-state index contributed by atoms with van der Waals surface area (Å²) in [6.07, 6.45) is 0.444. The zero-order chi connectivity index (χ0) is 18.2. The third kappa shape index (κ3) is 5.04. The number of hydrogen-bond donors (Lipinski definition) is 2. The molecule has 0 saturated heterocycles. The standard InChI is InChI=1S/C21H20N2O2S/c24-19(20-7-4-14-26-20)12-13-22-18-10-8-17(9-11-18)21(25)23-15-16-5-2-1-3-6-16/h1-11,14,22H,12-13,15H2,(H,23,25). The number of amides is 1. The number of anilines is 1. The predicted molar refractivity (Wildman–Crippen MR) is 106 cm³/mol. The maximum Gasteiger partial charge on any atom is 0.251 e. The first kappa shape index (κ1) is 17.9. The molecule has 3 rings (SSSR count). The molecule has 2 aromatic carbocycles. The molecular formula is C21H20N2O2S. The van der Waals surface area contributed by atoms with Gasteiger partial charge in [-0.1, -0.05) is 36.4 Å². The summed E-state index contributed by atoms with van der Waals surface area (Å²) in [5.41, 5.74) is 2.57. The first-order valence-electron chi connectivity index (χ1n) is 8.45. The highest BCUT2D eigenvalue weighted by Crippen LogP contribution is 2.13. The van der Waals surface area contributed by atoms with Gasteiger partial charge in [0.05, 0.1) is 4.88 Å². The van der Waals surface area contributed by atoms with Gasteiger partial charge in [0.2, 0.25) is 0 Å². The molecule has 132 valence electrons. The Morgan fingerprint density at radius 2 is 1.65 bits per heavy atom. The molecular weight excluding hydrogens is 344 g/mol. The summed E-state index contributed by atoms with van der Waals surface area (Å²) in [5, 5.41) is 8.02. The molecule has 0 atom stereocenters. The molecule has 0 aliphatic carbocycles. The number of benzene rings is 2. The Morgan fingerprint density at radius 3 is 2.35 bits per heavy atom. The summed E-state index contributed by atoms with van der Waals surface area (Å²) in [5.74, 6) is 0.0395. The topological polar surface area (TPSA) is 58.2 Å². The number of carbonyl (C=O) groups excluding carboxylic acids is 2. The zero-order valence-electron chi connectivity index (χ0n) is 14.3. The summed E-state index contributed by atoms with van der Waals surface area (Å²) in [6, 6.07) is 20.8. The van der Waals surface area contributed by atoms with Gasteiger partial charge in [0.15, 0.2) is 5.78 Å². The fourth-order valence-corrected chi connectivity index (χ4v) is 3.19. The van der Waals surface area contributed by atoms with E-state index in [1.165, 1.54) is 11.3 Å². The van der Waals surface area contributed by atoms with Crippen LogP contribution in [0.15, 0.2) is 72.1 Å². The molecule has 5 heteroatoms. The SMILES string of the molecule is O=C(NCc1ccccc1)c1ccc(NCCC(=O)c2cccs2)cc1. The van der Waals surface area contributed by atoms with E-state index in [-0.39, 0.29) is 11.7 Å². The van der Waals surface area contributed by atoms with Crippen LogP contribution in [0.3, 0.4) is 0 Å². The highest BCUT2D eigenvalue weighted by Gasteiger charge is 2.07. The number of thiophene rings is 1. The minimum absolute atomic E-state index is 0.103. The maximum absolute atomic E-state index is 12.2. The fraction of sp³-hybridized carbons (Fsp3) is 0.143. The van der Waals surface area contributed by atoms with E-state index in [4.69, 9.17) is 0 Å². The van der Waals surface area contributed by atoms with E-state index >= 15 is 0 Å².